The van der Waals surface area contributed by atoms with Crippen LogP contribution >= 0.6 is 11.6 Å². The monoisotopic (exact) mass is 369 g/mol. The van der Waals surface area contributed by atoms with Gasteiger partial charge in [0.15, 0.2) is 5.82 Å². The molecule has 0 saturated heterocycles. The third-order valence-electron chi connectivity index (χ3n) is 4.82. The van der Waals surface area contributed by atoms with Crippen molar-refractivity contribution in [2.75, 3.05) is 10.6 Å². The van der Waals surface area contributed by atoms with Crippen molar-refractivity contribution in [3.8, 4) is 11.4 Å². The second-order valence-electron chi connectivity index (χ2n) is 7.40. The summed E-state index contributed by atoms with van der Waals surface area (Å²) in [6.45, 7) is 4.24. The maximum atomic E-state index is 6.15. The topological polar surface area (TPSA) is 62.7 Å². The first kappa shape index (κ1) is 17.3. The molecule has 2 fully saturated rings. The number of benzene rings is 1. The van der Waals surface area contributed by atoms with Gasteiger partial charge in [-0.15, -0.1) is 0 Å². The lowest BCUT2D eigenvalue weighted by Gasteiger charge is -2.15. The summed E-state index contributed by atoms with van der Waals surface area (Å²) < 4.78 is 0. The molecule has 1 heterocycles. The Balaban J connectivity index is 1.63. The Kier molecular flexibility index (Phi) is 4.81. The minimum Gasteiger partial charge on any atom is -0.351 e. The van der Waals surface area contributed by atoms with Crippen LogP contribution in [0.1, 0.15) is 39.5 Å². The molecule has 1 atom stereocenters. The zero-order valence-electron chi connectivity index (χ0n) is 15.2. The lowest BCUT2D eigenvalue weighted by Crippen LogP contribution is -2.20. The van der Waals surface area contributed by atoms with Crippen LogP contribution in [-0.2, 0) is 0 Å². The molecule has 0 radical (unpaired) electrons. The van der Waals surface area contributed by atoms with Crippen molar-refractivity contribution in [2.24, 2.45) is 11.8 Å². The quantitative estimate of drug-likeness (QED) is 0.708. The summed E-state index contributed by atoms with van der Waals surface area (Å²) in [5, 5.41) is 7.43. The molecule has 0 amide bonds. The standard InChI is InChI=1S/C20H24ClN5/c1-12(10-14-6-7-14)22-19-24-18(16-4-3-5-17(21)11-16)25-20(26-19)23-13(2)15-8-9-15/h3-5,10-11,13-15H,6-9H2,1-2H3,(H2,22,23,24,25,26)/t13-/m1/s1. The Bertz CT molecular complexity index is 827. The molecule has 136 valence electrons. The maximum absolute atomic E-state index is 6.15. The summed E-state index contributed by atoms with van der Waals surface area (Å²) in [7, 11) is 0. The highest BCUT2D eigenvalue weighted by molar-refractivity contribution is 6.30. The van der Waals surface area contributed by atoms with E-state index in [2.05, 4.69) is 45.5 Å². The van der Waals surface area contributed by atoms with Gasteiger partial charge in [-0.3, -0.25) is 0 Å². The van der Waals surface area contributed by atoms with Crippen molar-refractivity contribution in [3.63, 3.8) is 0 Å². The third-order valence-corrected chi connectivity index (χ3v) is 5.06. The van der Waals surface area contributed by atoms with E-state index in [1.165, 1.54) is 25.7 Å². The molecule has 2 aromatic rings. The molecule has 2 aliphatic rings. The van der Waals surface area contributed by atoms with Gasteiger partial charge in [0.2, 0.25) is 11.9 Å². The predicted molar refractivity (Wildman–Crippen MR) is 106 cm³/mol. The number of hydrogen-bond donors (Lipinski definition) is 2. The summed E-state index contributed by atoms with van der Waals surface area (Å²) in [6.07, 6.45) is 7.34. The van der Waals surface area contributed by atoms with Gasteiger partial charge < -0.3 is 10.6 Å². The van der Waals surface area contributed by atoms with Gasteiger partial charge in [-0.05, 0) is 63.5 Å². The van der Waals surface area contributed by atoms with Gasteiger partial charge in [-0.25, -0.2) is 0 Å². The predicted octanol–water partition coefficient (Wildman–Crippen LogP) is 5.13. The van der Waals surface area contributed by atoms with Crippen LogP contribution in [0.2, 0.25) is 5.02 Å². The SMILES string of the molecule is CC(=CC1CC1)Nc1nc(N[C@H](C)C2CC2)nc(-c2cccc(Cl)c2)n1. The molecule has 0 unspecified atom stereocenters. The van der Waals surface area contributed by atoms with Crippen LogP contribution in [0, 0.1) is 11.8 Å². The Hall–Kier alpha value is -2.14. The Morgan fingerprint density at radius 1 is 1.15 bits per heavy atom. The number of aromatic nitrogens is 3. The second kappa shape index (κ2) is 7.23. The van der Waals surface area contributed by atoms with Crippen molar-refractivity contribution in [1.82, 2.24) is 15.0 Å². The molecule has 2 saturated carbocycles. The maximum Gasteiger partial charge on any atom is 0.232 e. The smallest absolute Gasteiger partial charge is 0.232 e. The van der Waals surface area contributed by atoms with E-state index >= 15 is 0 Å². The van der Waals surface area contributed by atoms with Gasteiger partial charge in [0, 0.05) is 22.3 Å². The molecule has 2 N–H and O–H groups in total. The van der Waals surface area contributed by atoms with Gasteiger partial charge in [0.1, 0.15) is 0 Å². The van der Waals surface area contributed by atoms with Gasteiger partial charge in [-0.2, -0.15) is 15.0 Å². The molecular formula is C20H24ClN5. The fourth-order valence-electron chi connectivity index (χ4n) is 3.01. The van der Waals surface area contributed by atoms with Crippen LogP contribution < -0.4 is 10.6 Å². The van der Waals surface area contributed by atoms with Gasteiger partial charge >= 0.3 is 0 Å². The highest BCUT2D eigenvalue weighted by Gasteiger charge is 2.28. The van der Waals surface area contributed by atoms with Crippen LogP contribution in [0.3, 0.4) is 0 Å². The summed E-state index contributed by atoms with van der Waals surface area (Å²) in [6, 6.07) is 7.96. The molecule has 26 heavy (non-hydrogen) atoms. The Morgan fingerprint density at radius 3 is 2.62 bits per heavy atom. The van der Waals surface area contributed by atoms with Crippen LogP contribution in [0.4, 0.5) is 11.9 Å². The van der Waals surface area contributed by atoms with E-state index in [1.807, 2.05) is 24.3 Å². The summed E-state index contributed by atoms with van der Waals surface area (Å²) in [5.41, 5.74) is 1.96. The molecule has 6 heteroatoms. The average molecular weight is 370 g/mol. The van der Waals surface area contributed by atoms with Gasteiger partial charge in [0.05, 0.1) is 0 Å². The zero-order valence-corrected chi connectivity index (χ0v) is 15.9. The lowest BCUT2D eigenvalue weighted by atomic mass is 10.2. The zero-order chi connectivity index (χ0) is 18.1. The number of allylic oxidation sites excluding steroid dienone is 2. The number of halogens is 1. The largest absolute Gasteiger partial charge is 0.351 e. The lowest BCUT2D eigenvalue weighted by molar-refractivity contribution is 0.685. The molecule has 0 bridgehead atoms. The molecule has 0 aliphatic heterocycles. The minimum atomic E-state index is 0.362. The second-order valence-corrected chi connectivity index (χ2v) is 7.84. The van der Waals surface area contributed by atoms with E-state index in [-0.39, 0.29) is 0 Å². The third kappa shape index (κ3) is 4.52. The van der Waals surface area contributed by atoms with Crippen molar-refractivity contribution >= 4 is 23.5 Å². The first-order chi connectivity index (χ1) is 12.6. The molecule has 5 nitrogen and oxygen atoms in total. The Labute approximate surface area is 159 Å². The molecule has 4 rings (SSSR count). The number of hydrogen-bond acceptors (Lipinski definition) is 5. The van der Waals surface area contributed by atoms with Crippen LogP contribution in [0.5, 0.6) is 0 Å². The molecule has 2 aliphatic carbocycles. The minimum absolute atomic E-state index is 0.362. The average Bonchev–Trinajstić information content (AvgIpc) is 3.48. The highest BCUT2D eigenvalue weighted by atomic mass is 35.5. The van der Waals surface area contributed by atoms with Gasteiger partial charge in [0.25, 0.3) is 0 Å². The summed E-state index contributed by atoms with van der Waals surface area (Å²) in [5.74, 6) is 3.21. The van der Waals surface area contributed by atoms with Gasteiger partial charge in [-0.1, -0.05) is 29.8 Å². The molecule has 1 aromatic carbocycles. The number of rotatable bonds is 7. The number of nitrogens with one attached hydrogen (secondary N) is 2. The van der Waals surface area contributed by atoms with E-state index < -0.39 is 0 Å². The van der Waals surface area contributed by atoms with Crippen LogP contribution in [0.25, 0.3) is 11.4 Å². The van der Waals surface area contributed by atoms with Crippen molar-refractivity contribution in [3.05, 3.63) is 41.1 Å². The van der Waals surface area contributed by atoms with E-state index in [0.29, 0.717) is 40.6 Å². The van der Waals surface area contributed by atoms with E-state index in [4.69, 9.17) is 11.6 Å². The molecule has 0 spiro atoms. The van der Waals surface area contributed by atoms with Crippen molar-refractivity contribution in [1.29, 1.82) is 0 Å². The first-order valence-electron chi connectivity index (χ1n) is 9.31. The van der Waals surface area contributed by atoms with Crippen molar-refractivity contribution < 1.29 is 0 Å². The fourth-order valence-corrected chi connectivity index (χ4v) is 3.20. The highest BCUT2D eigenvalue weighted by Crippen LogP contribution is 2.34. The van der Waals surface area contributed by atoms with E-state index in [0.717, 1.165) is 11.3 Å². The summed E-state index contributed by atoms with van der Waals surface area (Å²) >= 11 is 6.15. The Morgan fingerprint density at radius 2 is 1.92 bits per heavy atom. The van der Waals surface area contributed by atoms with Crippen LogP contribution in [0.15, 0.2) is 36.0 Å². The van der Waals surface area contributed by atoms with Crippen molar-refractivity contribution in [2.45, 2.75) is 45.6 Å². The number of anilines is 2. The first-order valence-corrected chi connectivity index (χ1v) is 9.68. The molecule has 1 aromatic heterocycles. The molecular weight excluding hydrogens is 346 g/mol. The van der Waals surface area contributed by atoms with E-state index in [9.17, 15) is 0 Å². The number of nitrogens with zero attached hydrogens (tertiary/aromatic N) is 3. The summed E-state index contributed by atoms with van der Waals surface area (Å²) in [4.78, 5) is 13.8. The van der Waals surface area contributed by atoms with E-state index in [1.54, 1.807) is 0 Å². The van der Waals surface area contributed by atoms with Crippen LogP contribution in [-0.4, -0.2) is 21.0 Å². The normalized spacial score (nSPS) is 18.5. The fraction of sp³-hybridized carbons (Fsp3) is 0.450.